The molecule has 21 heavy (non-hydrogen) atoms. The topological polar surface area (TPSA) is 46.0 Å². The van der Waals surface area contributed by atoms with Crippen LogP contribution in [0.15, 0.2) is 36.9 Å². The third-order valence-corrected chi connectivity index (χ3v) is 3.78. The highest BCUT2D eigenvalue weighted by atomic mass is 32.1. The van der Waals surface area contributed by atoms with Gasteiger partial charge in [-0.05, 0) is 50.7 Å². The number of benzene rings is 1. The summed E-state index contributed by atoms with van der Waals surface area (Å²) in [6, 6.07) is 8.79. The summed E-state index contributed by atoms with van der Waals surface area (Å²) < 4.78 is 1.74. The number of rotatable bonds is 4. The predicted molar refractivity (Wildman–Crippen MR) is 88.4 cm³/mol. The van der Waals surface area contributed by atoms with Crippen molar-refractivity contribution in [2.24, 2.45) is 0 Å². The molecule has 2 rings (SSSR count). The standard InChI is InChI=1S/C15H21N5S/c1-11(2)18-15(21)19(4)12(3)13-5-7-14(8-6-13)20-10-16-9-17-20/h5-12H,1-4H3,(H,18,21)/t12-/m1/s1. The van der Waals surface area contributed by atoms with Crippen LogP contribution in [0, 0.1) is 0 Å². The third-order valence-electron chi connectivity index (χ3n) is 3.37. The summed E-state index contributed by atoms with van der Waals surface area (Å²) in [6.45, 7) is 6.30. The molecule has 0 amide bonds. The zero-order valence-electron chi connectivity index (χ0n) is 12.8. The van der Waals surface area contributed by atoms with Gasteiger partial charge in [-0.2, -0.15) is 5.10 Å². The van der Waals surface area contributed by atoms with E-state index in [0.29, 0.717) is 6.04 Å². The van der Waals surface area contributed by atoms with Crippen molar-refractivity contribution >= 4 is 17.3 Å². The van der Waals surface area contributed by atoms with E-state index in [-0.39, 0.29) is 6.04 Å². The van der Waals surface area contributed by atoms with Gasteiger partial charge in [0.25, 0.3) is 0 Å². The van der Waals surface area contributed by atoms with Crippen LogP contribution in [-0.4, -0.2) is 37.9 Å². The Morgan fingerprint density at radius 3 is 2.43 bits per heavy atom. The van der Waals surface area contributed by atoms with Gasteiger partial charge in [-0.1, -0.05) is 12.1 Å². The van der Waals surface area contributed by atoms with E-state index in [4.69, 9.17) is 12.2 Å². The Morgan fingerprint density at radius 2 is 1.90 bits per heavy atom. The largest absolute Gasteiger partial charge is 0.360 e. The molecule has 1 aromatic heterocycles. The first-order valence-corrected chi connectivity index (χ1v) is 7.38. The van der Waals surface area contributed by atoms with Gasteiger partial charge >= 0.3 is 0 Å². The van der Waals surface area contributed by atoms with E-state index < -0.39 is 0 Å². The average Bonchev–Trinajstić information content (AvgIpc) is 2.99. The first-order valence-electron chi connectivity index (χ1n) is 6.97. The maximum atomic E-state index is 5.41. The Labute approximate surface area is 131 Å². The lowest BCUT2D eigenvalue weighted by atomic mass is 10.1. The van der Waals surface area contributed by atoms with Crippen LogP contribution in [-0.2, 0) is 0 Å². The van der Waals surface area contributed by atoms with E-state index in [0.717, 1.165) is 10.8 Å². The molecule has 0 unspecified atom stereocenters. The smallest absolute Gasteiger partial charge is 0.169 e. The Bertz CT molecular complexity index is 577. The normalized spacial score (nSPS) is 12.2. The molecule has 1 N–H and O–H groups in total. The minimum absolute atomic E-state index is 0.202. The monoisotopic (exact) mass is 303 g/mol. The van der Waals surface area contributed by atoms with Crippen LogP contribution in [0.3, 0.4) is 0 Å². The second-order valence-corrected chi connectivity index (χ2v) is 5.71. The summed E-state index contributed by atoms with van der Waals surface area (Å²) in [5.74, 6) is 0. The number of thiocarbonyl (C=S) groups is 1. The van der Waals surface area contributed by atoms with Gasteiger partial charge in [-0.25, -0.2) is 9.67 Å². The third kappa shape index (κ3) is 3.78. The molecule has 1 atom stereocenters. The fourth-order valence-corrected chi connectivity index (χ4v) is 2.39. The van der Waals surface area contributed by atoms with E-state index in [1.54, 1.807) is 11.0 Å². The molecule has 0 saturated carbocycles. The van der Waals surface area contributed by atoms with Crippen molar-refractivity contribution in [3.8, 4) is 5.69 Å². The van der Waals surface area contributed by atoms with Gasteiger partial charge in [0.05, 0.1) is 11.7 Å². The van der Waals surface area contributed by atoms with Crippen molar-refractivity contribution in [1.29, 1.82) is 0 Å². The van der Waals surface area contributed by atoms with Gasteiger partial charge in [-0.3, -0.25) is 0 Å². The maximum Gasteiger partial charge on any atom is 0.169 e. The van der Waals surface area contributed by atoms with Crippen LogP contribution < -0.4 is 5.32 Å². The maximum absolute atomic E-state index is 5.41. The SMILES string of the molecule is CC(C)NC(=S)N(C)[C@H](C)c1ccc(-n2cncn2)cc1. The Hall–Kier alpha value is -1.95. The minimum Gasteiger partial charge on any atom is -0.360 e. The molecular formula is C15H21N5S. The van der Waals surface area contributed by atoms with Crippen molar-refractivity contribution in [3.05, 3.63) is 42.5 Å². The fourth-order valence-electron chi connectivity index (χ4n) is 2.00. The average molecular weight is 303 g/mol. The van der Waals surface area contributed by atoms with Crippen LogP contribution in [0.1, 0.15) is 32.4 Å². The number of nitrogens with one attached hydrogen (secondary N) is 1. The molecule has 0 aliphatic rings. The molecule has 1 aromatic carbocycles. The Balaban J connectivity index is 2.09. The molecule has 0 spiro atoms. The predicted octanol–water partition coefficient (Wildman–Crippen LogP) is 2.54. The van der Waals surface area contributed by atoms with Gasteiger partial charge < -0.3 is 10.2 Å². The van der Waals surface area contributed by atoms with E-state index in [1.165, 1.54) is 11.9 Å². The van der Waals surface area contributed by atoms with Crippen LogP contribution in [0.5, 0.6) is 0 Å². The highest BCUT2D eigenvalue weighted by Gasteiger charge is 2.15. The van der Waals surface area contributed by atoms with Crippen molar-refractivity contribution < 1.29 is 0 Å². The first kappa shape index (κ1) is 15.4. The van der Waals surface area contributed by atoms with Gasteiger partial charge in [-0.15, -0.1) is 0 Å². The summed E-state index contributed by atoms with van der Waals surface area (Å²) in [7, 11) is 2.01. The zero-order valence-corrected chi connectivity index (χ0v) is 13.6. The van der Waals surface area contributed by atoms with Crippen LogP contribution in [0.2, 0.25) is 0 Å². The molecule has 6 heteroatoms. The molecule has 112 valence electrons. The zero-order chi connectivity index (χ0) is 15.4. The molecule has 0 bridgehead atoms. The Kier molecular flexibility index (Phi) is 4.90. The van der Waals surface area contributed by atoms with E-state index in [1.807, 2.05) is 19.2 Å². The molecule has 1 heterocycles. The molecule has 0 radical (unpaired) electrons. The summed E-state index contributed by atoms with van der Waals surface area (Å²) in [6.07, 6.45) is 3.21. The molecule has 0 aliphatic heterocycles. The lowest BCUT2D eigenvalue weighted by molar-refractivity contribution is 0.392. The van der Waals surface area contributed by atoms with Gasteiger partial charge in [0.15, 0.2) is 5.11 Å². The molecule has 0 saturated heterocycles. The second-order valence-electron chi connectivity index (χ2n) is 5.32. The molecule has 0 aliphatic carbocycles. The van der Waals surface area contributed by atoms with E-state index in [2.05, 4.69) is 53.2 Å². The van der Waals surface area contributed by atoms with Gasteiger partial charge in [0.2, 0.25) is 0 Å². The number of nitrogens with zero attached hydrogens (tertiary/aromatic N) is 4. The van der Waals surface area contributed by atoms with Crippen LogP contribution in [0.25, 0.3) is 5.69 Å². The van der Waals surface area contributed by atoms with E-state index >= 15 is 0 Å². The highest BCUT2D eigenvalue weighted by molar-refractivity contribution is 7.80. The molecular weight excluding hydrogens is 282 g/mol. The quantitative estimate of drug-likeness (QED) is 0.880. The Morgan fingerprint density at radius 1 is 1.24 bits per heavy atom. The van der Waals surface area contributed by atoms with Gasteiger partial charge in [0.1, 0.15) is 12.7 Å². The van der Waals surface area contributed by atoms with Crippen LogP contribution >= 0.6 is 12.2 Å². The molecule has 0 fully saturated rings. The van der Waals surface area contributed by atoms with Crippen molar-refractivity contribution in [2.45, 2.75) is 32.9 Å². The van der Waals surface area contributed by atoms with Gasteiger partial charge in [0, 0.05) is 13.1 Å². The summed E-state index contributed by atoms with van der Waals surface area (Å²) in [5, 5.41) is 8.15. The molecule has 2 aromatic rings. The van der Waals surface area contributed by atoms with Crippen molar-refractivity contribution in [3.63, 3.8) is 0 Å². The number of hydrogen-bond acceptors (Lipinski definition) is 3. The highest BCUT2D eigenvalue weighted by Crippen LogP contribution is 2.20. The number of aromatic nitrogens is 3. The first-order chi connectivity index (χ1) is 9.99. The fraction of sp³-hybridized carbons (Fsp3) is 0.400. The lowest BCUT2D eigenvalue weighted by Gasteiger charge is -2.29. The van der Waals surface area contributed by atoms with Crippen LogP contribution in [0.4, 0.5) is 0 Å². The van der Waals surface area contributed by atoms with Crippen molar-refractivity contribution in [1.82, 2.24) is 25.0 Å². The summed E-state index contributed by atoms with van der Waals surface area (Å²) in [4.78, 5) is 6.02. The second kappa shape index (κ2) is 6.67. The summed E-state index contributed by atoms with van der Waals surface area (Å²) in [5.41, 5.74) is 2.20. The number of hydrogen-bond donors (Lipinski definition) is 1. The van der Waals surface area contributed by atoms with E-state index in [9.17, 15) is 0 Å². The minimum atomic E-state index is 0.202. The van der Waals surface area contributed by atoms with Crippen molar-refractivity contribution in [2.75, 3.05) is 7.05 Å². The summed E-state index contributed by atoms with van der Waals surface area (Å²) >= 11 is 5.41. The lowest BCUT2D eigenvalue weighted by Crippen LogP contribution is -2.41. The molecule has 5 nitrogen and oxygen atoms in total.